The number of carboxylic acids is 1. The molecule has 4 aliphatic rings. The summed E-state index contributed by atoms with van der Waals surface area (Å²) in [5, 5.41) is 12.3. The SMILES string of the molecule is CCOC(=O)c1cc(Br)cc(C(=O)N2CCCC2)c1.CCOC(=O)c1cc(C(=O)N2CCCC2)cc(-c2ccc(Br)cc2)c1.Cc1ccc(CNC(=O)c2cc(C(=O)N3CCCC3)cc(-c3ccc(Br)cc3)c2)cn1.O=C(O)c1cc(C(=O)N2CCCC2)cc(-c2ccc(Br)cc2)c1. The number of carbonyl (C=O) groups excluding carboxylic acids is 7. The molecule has 2 N–H and O–H groups in total. The van der Waals surface area contributed by atoms with Crippen LogP contribution in [0.4, 0.5) is 0 Å². The number of aromatic carboxylic acids is 1. The molecular weight excluding hydrogens is 1500 g/mol. The van der Waals surface area contributed by atoms with Gasteiger partial charge in [-0.05, 0) is 226 Å². The highest BCUT2D eigenvalue weighted by Crippen LogP contribution is 2.31. The molecule has 5 heterocycles. The van der Waals surface area contributed by atoms with Crippen LogP contribution >= 0.6 is 63.7 Å². The fraction of sp³-hybridized carbons (Fsp3) is 0.286. The first-order chi connectivity index (χ1) is 47.2. The van der Waals surface area contributed by atoms with Crippen molar-refractivity contribution in [3.05, 3.63) is 238 Å². The Balaban J connectivity index is 0.000000155. The Kier molecular flexibility index (Phi) is 26.9. The summed E-state index contributed by atoms with van der Waals surface area (Å²) in [6, 6.07) is 47.6. The van der Waals surface area contributed by atoms with E-state index in [2.05, 4.69) is 74.0 Å². The molecule has 21 heteroatoms. The van der Waals surface area contributed by atoms with Crippen LogP contribution in [0.1, 0.15) is 159 Å². The number of aromatic nitrogens is 1. The summed E-state index contributed by atoms with van der Waals surface area (Å²) in [5.74, 6) is -2.21. The minimum absolute atomic E-state index is 0.0201. The van der Waals surface area contributed by atoms with E-state index in [0.29, 0.717) is 63.2 Å². The number of ether oxygens (including phenoxy) is 2. The Morgan fingerprint density at radius 3 is 1.04 bits per heavy atom. The number of aryl methyl sites for hydroxylation is 1. The molecule has 8 aromatic rings. The average molecular weight is 1580 g/mol. The van der Waals surface area contributed by atoms with Gasteiger partial charge in [0.2, 0.25) is 0 Å². The summed E-state index contributed by atoms with van der Waals surface area (Å²) in [6.45, 7) is 12.6. The number of hydrogen-bond acceptors (Lipinski definition) is 11. The quantitative estimate of drug-likeness (QED) is 0.0918. The van der Waals surface area contributed by atoms with Crippen molar-refractivity contribution in [2.24, 2.45) is 0 Å². The number of likely N-dealkylation sites (tertiary alicyclic amines) is 4. The van der Waals surface area contributed by atoms with Crippen molar-refractivity contribution in [3.63, 3.8) is 0 Å². The van der Waals surface area contributed by atoms with Gasteiger partial charge in [-0.25, -0.2) is 14.4 Å². The number of carbonyl (C=O) groups is 8. The van der Waals surface area contributed by atoms with E-state index in [1.165, 1.54) is 6.07 Å². The van der Waals surface area contributed by atoms with Gasteiger partial charge in [-0.1, -0.05) is 106 Å². The molecule has 0 atom stereocenters. The smallest absolute Gasteiger partial charge is 0.338 e. The average Bonchev–Trinajstić information content (AvgIpc) is 1.44. The number of benzene rings is 7. The van der Waals surface area contributed by atoms with Crippen LogP contribution in [0.2, 0.25) is 0 Å². The molecule has 17 nitrogen and oxygen atoms in total. The van der Waals surface area contributed by atoms with E-state index in [9.17, 15) is 43.5 Å². The highest BCUT2D eigenvalue weighted by Gasteiger charge is 2.26. The van der Waals surface area contributed by atoms with E-state index in [1.807, 2.05) is 125 Å². The molecular formula is C77H76Br4N6O11. The second-order valence-corrected chi connectivity index (χ2v) is 27.5. The van der Waals surface area contributed by atoms with Gasteiger partial charge in [0.1, 0.15) is 0 Å². The predicted molar refractivity (Wildman–Crippen MR) is 392 cm³/mol. The van der Waals surface area contributed by atoms with Crippen molar-refractivity contribution in [3.8, 4) is 33.4 Å². The zero-order valence-electron chi connectivity index (χ0n) is 54.8. The molecule has 0 unspecified atom stereocenters. The monoisotopic (exact) mass is 1580 g/mol. The first kappa shape index (κ1) is 73.6. The Morgan fingerprint density at radius 1 is 0.388 bits per heavy atom. The maximum atomic E-state index is 13.0. The third-order valence-electron chi connectivity index (χ3n) is 16.7. The minimum atomic E-state index is -1.03. The van der Waals surface area contributed by atoms with Gasteiger partial charge in [-0.2, -0.15) is 0 Å². The van der Waals surface area contributed by atoms with Crippen molar-refractivity contribution < 1.29 is 52.9 Å². The Hall–Kier alpha value is -8.63. The number of esters is 2. The third kappa shape index (κ3) is 20.5. The van der Waals surface area contributed by atoms with Crippen molar-refractivity contribution in [1.29, 1.82) is 0 Å². The fourth-order valence-electron chi connectivity index (χ4n) is 11.6. The number of halogens is 4. The van der Waals surface area contributed by atoms with Crippen molar-refractivity contribution in [1.82, 2.24) is 29.9 Å². The molecule has 98 heavy (non-hydrogen) atoms. The fourth-order valence-corrected chi connectivity index (χ4v) is 12.9. The van der Waals surface area contributed by atoms with Crippen LogP contribution in [0.5, 0.6) is 0 Å². The first-order valence-corrected chi connectivity index (χ1v) is 35.9. The predicted octanol–water partition coefficient (Wildman–Crippen LogP) is 16.4. The van der Waals surface area contributed by atoms with E-state index in [1.54, 1.807) is 73.5 Å². The number of amides is 5. The molecule has 12 rings (SSSR count). The van der Waals surface area contributed by atoms with E-state index in [4.69, 9.17) is 9.47 Å². The van der Waals surface area contributed by atoms with Crippen LogP contribution in [0.25, 0.3) is 33.4 Å². The van der Waals surface area contributed by atoms with E-state index in [0.717, 1.165) is 162 Å². The molecule has 0 saturated carbocycles. The molecule has 0 spiro atoms. The van der Waals surface area contributed by atoms with E-state index in [-0.39, 0.29) is 35.1 Å². The molecule has 0 bridgehead atoms. The van der Waals surface area contributed by atoms with Gasteiger partial charge in [-0.15, -0.1) is 0 Å². The Morgan fingerprint density at radius 2 is 0.694 bits per heavy atom. The van der Waals surface area contributed by atoms with Gasteiger partial charge >= 0.3 is 17.9 Å². The zero-order chi connectivity index (χ0) is 69.8. The largest absolute Gasteiger partial charge is 0.478 e. The van der Waals surface area contributed by atoms with E-state index >= 15 is 0 Å². The lowest BCUT2D eigenvalue weighted by Gasteiger charge is -2.17. The molecule has 508 valence electrons. The summed E-state index contributed by atoms with van der Waals surface area (Å²) in [6.07, 6.45) is 9.97. The van der Waals surface area contributed by atoms with Crippen LogP contribution in [0.3, 0.4) is 0 Å². The molecule has 5 amide bonds. The molecule has 0 aliphatic carbocycles. The van der Waals surface area contributed by atoms with E-state index < -0.39 is 17.9 Å². The number of rotatable bonds is 15. The minimum Gasteiger partial charge on any atom is -0.478 e. The van der Waals surface area contributed by atoms with Gasteiger partial charge in [0.05, 0.1) is 29.9 Å². The summed E-state index contributed by atoms with van der Waals surface area (Å²) in [5.41, 5.74) is 10.5. The molecule has 4 aliphatic heterocycles. The summed E-state index contributed by atoms with van der Waals surface area (Å²) >= 11 is 13.6. The topological polar surface area (TPSA) is 213 Å². The highest BCUT2D eigenvalue weighted by molar-refractivity contribution is 9.11. The molecule has 1 aromatic heterocycles. The number of hydrogen-bond donors (Lipinski definition) is 2. The molecule has 0 radical (unpaired) electrons. The third-order valence-corrected chi connectivity index (χ3v) is 18.8. The van der Waals surface area contributed by atoms with Crippen LogP contribution in [0.15, 0.2) is 182 Å². The molecule has 4 saturated heterocycles. The first-order valence-electron chi connectivity index (χ1n) is 32.7. The maximum absolute atomic E-state index is 13.0. The lowest BCUT2D eigenvalue weighted by Crippen LogP contribution is -2.28. The molecule has 4 fully saturated rings. The lowest BCUT2D eigenvalue weighted by atomic mass is 9.98. The summed E-state index contributed by atoms with van der Waals surface area (Å²) in [4.78, 5) is 111. The lowest BCUT2D eigenvalue weighted by molar-refractivity contribution is 0.0516. The maximum Gasteiger partial charge on any atom is 0.338 e. The van der Waals surface area contributed by atoms with Gasteiger partial charge < -0.3 is 39.5 Å². The van der Waals surface area contributed by atoms with Crippen LogP contribution in [-0.2, 0) is 16.0 Å². The molecule has 7 aromatic carbocycles. The Labute approximate surface area is 604 Å². The van der Waals surface area contributed by atoms with Gasteiger partial charge in [-0.3, -0.25) is 29.0 Å². The standard InChI is InChI=1S/C25H24BrN3O2.C20H20BrNO3.C18H16BrNO3.C14H16BrNO3/c1-17-4-5-18(15-27-17)16-28-24(30)21-12-20(19-6-8-23(26)9-7-19)13-22(14-21)25(31)29-10-2-3-11-29;1-2-25-20(24)17-12-15(14-5-7-18(21)8-6-14)11-16(13-17)19(23)22-9-3-4-10-22;19-16-5-3-12(4-6-16)13-9-14(11-15(10-13)18(22)23)17(21)20-7-1-2-8-20;1-2-19-14(18)11-7-10(8-12(15)9-11)13(17)16-5-3-4-6-16/h4-9,12-15H,2-3,10-11,16H2,1H3,(H,28,30);5-8,11-13H,2-4,9-10H2,1H3;3-6,9-11H,1-2,7-8H2,(H,22,23);7-9H,2-6H2,1H3. The van der Waals surface area contributed by atoms with Crippen LogP contribution in [0, 0.1) is 6.92 Å². The van der Waals surface area contributed by atoms with Crippen LogP contribution in [-0.4, -0.2) is 143 Å². The van der Waals surface area contributed by atoms with Crippen molar-refractivity contribution in [2.45, 2.75) is 78.7 Å². The highest BCUT2D eigenvalue weighted by atomic mass is 79.9. The van der Waals surface area contributed by atoms with Crippen molar-refractivity contribution >= 4 is 111 Å². The normalized spacial score (nSPS) is 13.8. The Bertz CT molecular complexity index is 4170. The number of pyridine rings is 1. The van der Waals surface area contributed by atoms with Gasteiger partial charge in [0.25, 0.3) is 29.5 Å². The zero-order valence-corrected chi connectivity index (χ0v) is 61.1. The summed E-state index contributed by atoms with van der Waals surface area (Å²) in [7, 11) is 0. The number of carboxylic acid groups (broad SMARTS) is 1. The van der Waals surface area contributed by atoms with Gasteiger partial charge in [0.15, 0.2) is 0 Å². The van der Waals surface area contributed by atoms with Crippen molar-refractivity contribution in [2.75, 3.05) is 65.6 Å². The second kappa shape index (κ2) is 35.7. The number of nitrogens with one attached hydrogen (secondary N) is 1. The number of nitrogens with zero attached hydrogens (tertiary/aromatic N) is 5. The summed E-state index contributed by atoms with van der Waals surface area (Å²) < 4.78 is 13.7. The van der Waals surface area contributed by atoms with Gasteiger partial charge in [0, 0.05) is 117 Å². The second-order valence-electron chi connectivity index (χ2n) is 23.9. The van der Waals surface area contributed by atoms with Crippen LogP contribution < -0.4 is 5.32 Å².